The Bertz CT molecular complexity index is 223. The van der Waals surface area contributed by atoms with E-state index in [4.69, 9.17) is 0 Å². The van der Waals surface area contributed by atoms with Crippen LogP contribution in [0.15, 0.2) is 4.99 Å². The Morgan fingerprint density at radius 2 is 2.00 bits per heavy atom. The molecule has 0 radical (unpaired) electrons. The molecule has 0 bridgehead atoms. The van der Waals surface area contributed by atoms with E-state index < -0.39 is 11.5 Å². The summed E-state index contributed by atoms with van der Waals surface area (Å²) >= 11 is 0. The van der Waals surface area contributed by atoms with Crippen LogP contribution < -0.4 is 0 Å². The summed E-state index contributed by atoms with van der Waals surface area (Å²) in [6, 6.07) is 0. The number of rotatable bonds is 2. The Kier molecular flexibility index (Phi) is 2.04. The first-order chi connectivity index (χ1) is 5.37. The third-order valence-electron chi connectivity index (χ3n) is 2.42. The van der Waals surface area contributed by atoms with E-state index in [1.54, 1.807) is 13.8 Å². The number of aliphatic imine (C=N–C) groups is 1. The molecule has 2 nitrogen and oxygen atoms in total. The molecule has 0 saturated heterocycles. The molecule has 0 aliphatic heterocycles. The summed E-state index contributed by atoms with van der Waals surface area (Å²) in [5, 5.41) is 0. The zero-order chi connectivity index (χ0) is 9.41. The zero-order valence-corrected chi connectivity index (χ0v) is 7.10. The van der Waals surface area contributed by atoms with Crippen LogP contribution in [0.5, 0.6) is 0 Å². The average Bonchev–Trinajstić information content (AvgIpc) is 1.82. The highest BCUT2D eigenvalue weighted by atomic mass is 19.3. The van der Waals surface area contributed by atoms with Crippen molar-refractivity contribution in [1.29, 1.82) is 0 Å². The summed E-state index contributed by atoms with van der Waals surface area (Å²) in [6.45, 7) is 3.36. The van der Waals surface area contributed by atoms with Crippen LogP contribution in [0.1, 0.15) is 26.7 Å². The third-order valence-corrected chi connectivity index (χ3v) is 2.42. The number of isocyanates is 1. The van der Waals surface area contributed by atoms with E-state index in [0.717, 1.165) is 0 Å². The van der Waals surface area contributed by atoms with Crippen molar-refractivity contribution in [3.63, 3.8) is 0 Å². The minimum absolute atomic E-state index is 0.162. The van der Waals surface area contributed by atoms with E-state index >= 15 is 0 Å². The minimum Gasteiger partial charge on any atom is -0.211 e. The van der Waals surface area contributed by atoms with Gasteiger partial charge in [-0.2, -0.15) is 4.99 Å². The normalized spacial score (nSPS) is 22.7. The van der Waals surface area contributed by atoms with Gasteiger partial charge < -0.3 is 0 Å². The number of carbonyl (C=O) groups excluding carboxylic acids is 1. The van der Waals surface area contributed by atoms with Crippen molar-refractivity contribution < 1.29 is 13.6 Å². The topological polar surface area (TPSA) is 29.4 Å². The summed E-state index contributed by atoms with van der Waals surface area (Å²) < 4.78 is 24.8. The van der Waals surface area contributed by atoms with Crippen LogP contribution >= 0.6 is 0 Å². The van der Waals surface area contributed by atoms with Gasteiger partial charge in [0.15, 0.2) is 0 Å². The van der Waals surface area contributed by atoms with Gasteiger partial charge in [0.1, 0.15) is 0 Å². The van der Waals surface area contributed by atoms with Gasteiger partial charge in [0, 0.05) is 12.8 Å². The van der Waals surface area contributed by atoms with Crippen LogP contribution in [0, 0.1) is 5.92 Å². The van der Waals surface area contributed by atoms with Gasteiger partial charge in [0.2, 0.25) is 12.0 Å². The molecule has 12 heavy (non-hydrogen) atoms. The molecule has 1 saturated carbocycles. The van der Waals surface area contributed by atoms with E-state index in [1.165, 1.54) is 6.08 Å². The highest BCUT2D eigenvalue weighted by Gasteiger charge is 2.51. The summed E-state index contributed by atoms with van der Waals surface area (Å²) in [5.41, 5.74) is -0.677. The number of alkyl halides is 2. The monoisotopic (exact) mass is 175 g/mol. The molecule has 0 aromatic carbocycles. The second-order valence-electron chi connectivity index (χ2n) is 3.82. The van der Waals surface area contributed by atoms with E-state index in [2.05, 4.69) is 4.99 Å². The molecule has 0 spiro atoms. The van der Waals surface area contributed by atoms with Gasteiger partial charge in [-0.1, -0.05) is 0 Å². The van der Waals surface area contributed by atoms with Crippen LogP contribution in [0.3, 0.4) is 0 Å². The maximum absolute atomic E-state index is 12.4. The van der Waals surface area contributed by atoms with E-state index in [0.29, 0.717) is 0 Å². The van der Waals surface area contributed by atoms with Crippen molar-refractivity contribution in [1.82, 2.24) is 0 Å². The van der Waals surface area contributed by atoms with Gasteiger partial charge >= 0.3 is 0 Å². The van der Waals surface area contributed by atoms with Gasteiger partial charge in [-0.25, -0.2) is 13.6 Å². The number of nitrogens with zero attached hydrogens (tertiary/aromatic N) is 1. The molecule has 0 aromatic rings. The zero-order valence-electron chi connectivity index (χ0n) is 7.10. The van der Waals surface area contributed by atoms with Crippen molar-refractivity contribution in [2.75, 3.05) is 0 Å². The maximum atomic E-state index is 12.4. The fourth-order valence-corrected chi connectivity index (χ4v) is 1.37. The largest absolute Gasteiger partial charge is 0.248 e. The lowest BCUT2D eigenvalue weighted by molar-refractivity contribution is -0.126. The molecule has 68 valence electrons. The molecule has 0 amide bonds. The van der Waals surface area contributed by atoms with Crippen molar-refractivity contribution >= 4 is 6.08 Å². The number of hydrogen-bond acceptors (Lipinski definition) is 2. The maximum Gasteiger partial charge on any atom is 0.248 e. The third kappa shape index (κ3) is 1.69. The predicted molar refractivity (Wildman–Crippen MR) is 39.9 cm³/mol. The standard InChI is InChI=1S/C8H11F2NO/c1-7(2,11-5-12)6-3-8(9,10)4-6/h6H,3-4H2,1-2H3. The number of halogens is 2. The molecule has 0 atom stereocenters. The molecule has 0 N–H and O–H groups in total. The molecule has 0 heterocycles. The summed E-state index contributed by atoms with van der Waals surface area (Å²) in [5.74, 6) is -2.73. The lowest BCUT2D eigenvalue weighted by atomic mass is 9.70. The van der Waals surface area contributed by atoms with E-state index in [9.17, 15) is 13.6 Å². The Balaban J connectivity index is 2.57. The quantitative estimate of drug-likeness (QED) is 0.467. The fraction of sp³-hybridized carbons (Fsp3) is 0.875. The molecule has 4 heteroatoms. The summed E-state index contributed by atoms with van der Waals surface area (Å²) in [7, 11) is 0. The highest BCUT2D eigenvalue weighted by molar-refractivity contribution is 5.35. The average molecular weight is 175 g/mol. The van der Waals surface area contributed by atoms with E-state index in [1.807, 2.05) is 0 Å². The second-order valence-corrected chi connectivity index (χ2v) is 3.82. The van der Waals surface area contributed by atoms with Crippen LogP contribution in [-0.4, -0.2) is 17.5 Å². The first-order valence-electron chi connectivity index (χ1n) is 3.84. The van der Waals surface area contributed by atoms with Gasteiger partial charge in [-0.15, -0.1) is 0 Å². The minimum atomic E-state index is -2.54. The van der Waals surface area contributed by atoms with E-state index in [-0.39, 0.29) is 18.8 Å². The predicted octanol–water partition coefficient (Wildman–Crippen LogP) is 2.15. The summed E-state index contributed by atoms with van der Waals surface area (Å²) in [4.78, 5) is 13.5. The van der Waals surface area contributed by atoms with Crippen molar-refractivity contribution in [2.45, 2.75) is 38.2 Å². The molecule has 1 fully saturated rings. The lowest BCUT2D eigenvalue weighted by Gasteiger charge is -2.42. The van der Waals surface area contributed by atoms with Crippen molar-refractivity contribution in [3.8, 4) is 0 Å². The first kappa shape index (κ1) is 9.33. The van der Waals surface area contributed by atoms with Crippen molar-refractivity contribution in [3.05, 3.63) is 0 Å². The Hall–Kier alpha value is -0.760. The summed E-state index contributed by atoms with van der Waals surface area (Å²) in [6.07, 6.45) is 1.09. The van der Waals surface area contributed by atoms with Crippen LogP contribution in [0.4, 0.5) is 8.78 Å². The Labute approximate surface area is 69.7 Å². The molecule has 1 aliphatic rings. The number of hydrogen-bond donors (Lipinski definition) is 0. The second kappa shape index (κ2) is 2.63. The molecular formula is C8H11F2NO. The highest BCUT2D eigenvalue weighted by Crippen LogP contribution is 2.48. The SMILES string of the molecule is CC(C)(N=C=O)C1CC(F)(F)C1. The smallest absolute Gasteiger partial charge is 0.211 e. The molecule has 0 unspecified atom stereocenters. The van der Waals surface area contributed by atoms with Crippen LogP contribution in [0.2, 0.25) is 0 Å². The fourth-order valence-electron chi connectivity index (χ4n) is 1.37. The molecule has 0 aromatic heterocycles. The molecule has 1 aliphatic carbocycles. The van der Waals surface area contributed by atoms with Gasteiger partial charge in [0.25, 0.3) is 0 Å². The van der Waals surface area contributed by atoms with Gasteiger partial charge in [-0.3, -0.25) is 0 Å². The van der Waals surface area contributed by atoms with Crippen LogP contribution in [0.25, 0.3) is 0 Å². The Morgan fingerprint density at radius 1 is 1.50 bits per heavy atom. The Morgan fingerprint density at radius 3 is 2.33 bits per heavy atom. The van der Waals surface area contributed by atoms with Gasteiger partial charge in [0.05, 0.1) is 5.54 Å². The molecular weight excluding hydrogens is 164 g/mol. The van der Waals surface area contributed by atoms with Crippen LogP contribution in [-0.2, 0) is 4.79 Å². The lowest BCUT2D eigenvalue weighted by Crippen LogP contribution is -2.46. The molecule has 1 rings (SSSR count). The van der Waals surface area contributed by atoms with Crippen molar-refractivity contribution in [2.24, 2.45) is 10.9 Å². The van der Waals surface area contributed by atoms with Gasteiger partial charge in [-0.05, 0) is 19.8 Å². The first-order valence-corrected chi connectivity index (χ1v) is 3.84.